The number of hydrogen-bond acceptors (Lipinski definition) is 3. The molecular formula is C8H13F3N2O2. The van der Waals surface area contributed by atoms with E-state index >= 15 is 0 Å². The first-order valence-electron chi connectivity index (χ1n) is 4.55. The smallest absolute Gasteiger partial charge is 0.422 e. The highest BCUT2D eigenvalue weighted by Gasteiger charge is 2.31. The van der Waals surface area contributed by atoms with Gasteiger partial charge in [0, 0.05) is 26.2 Å². The van der Waals surface area contributed by atoms with Crippen molar-refractivity contribution in [3.8, 4) is 0 Å². The Balaban J connectivity index is 2.29. The molecule has 1 aliphatic rings. The van der Waals surface area contributed by atoms with Gasteiger partial charge in [-0.1, -0.05) is 0 Å². The molecule has 1 amide bonds. The topological polar surface area (TPSA) is 32.8 Å². The van der Waals surface area contributed by atoms with Crippen molar-refractivity contribution in [2.75, 3.05) is 39.8 Å². The molecule has 1 rings (SSSR count). The van der Waals surface area contributed by atoms with Gasteiger partial charge >= 0.3 is 12.3 Å². The van der Waals surface area contributed by atoms with E-state index in [4.69, 9.17) is 0 Å². The molecule has 0 atom stereocenters. The zero-order valence-electron chi connectivity index (χ0n) is 8.38. The van der Waals surface area contributed by atoms with E-state index < -0.39 is 18.9 Å². The van der Waals surface area contributed by atoms with Gasteiger partial charge in [0.05, 0.1) is 0 Å². The van der Waals surface area contributed by atoms with Gasteiger partial charge in [0.25, 0.3) is 0 Å². The number of nitrogens with zero attached hydrogens (tertiary/aromatic N) is 2. The van der Waals surface area contributed by atoms with Gasteiger partial charge in [-0.05, 0) is 7.05 Å². The molecule has 15 heavy (non-hydrogen) atoms. The van der Waals surface area contributed by atoms with Crippen molar-refractivity contribution in [2.45, 2.75) is 6.18 Å². The van der Waals surface area contributed by atoms with Crippen molar-refractivity contribution in [3.05, 3.63) is 0 Å². The minimum absolute atomic E-state index is 0.410. The van der Waals surface area contributed by atoms with E-state index in [2.05, 4.69) is 4.74 Å². The monoisotopic (exact) mass is 226 g/mol. The Morgan fingerprint density at radius 1 is 1.27 bits per heavy atom. The molecule has 0 spiro atoms. The molecule has 0 saturated carbocycles. The number of likely N-dealkylation sites (N-methyl/N-ethyl adjacent to an activating group) is 1. The molecule has 0 N–H and O–H groups in total. The fraction of sp³-hybridized carbons (Fsp3) is 0.875. The number of amides is 1. The first kappa shape index (κ1) is 12.1. The number of carbonyl (C=O) groups is 1. The molecule has 0 bridgehead atoms. The summed E-state index contributed by atoms with van der Waals surface area (Å²) in [5.41, 5.74) is 0. The summed E-state index contributed by atoms with van der Waals surface area (Å²) in [5, 5.41) is 0. The lowest BCUT2D eigenvalue weighted by molar-refractivity contribution is -0.162. The van der Waals surface area contributed by atoms with Crippen molar-refractivity contribution in [1.29, 1.82) is 0 Å². The van der Waals surface area contributed by atoms with Crippen molar-refractivity contribution >= 4 is 6.09 Å². The predicted molar refractivity (Wildman–Crippen MR) is 46.5 cm³/mol. The molecule has 88 valence electrons. The van der Waals surface area contributed by atoms with Crippen LogP contribution in [0.4, 0.5) is 18.0 Å². The minimum atomic E-state index is -4.46. The standard InChI is InChI=1S/C8H13F3N2O2/c1-12-2-4-13(5-3-12)7(14)15-6-8(9,10)11/h2-6H2,1H3. The highest BCUT2D eigenvalue weighted by atomic mass is 19.4. The maximum atomic E-state index is 11.7. The van der Waals surface area contributed by atoms with E-state index in [1.165, 1.54) is 4.90 Å². The lowest BCUT2D eigenvalue weighted by Gasteiger charge is -2.31. The fourth-order valence-electron chi connectivity index (χ4n) is 1.22. The Bertz CT molecular complexity index is 224. The Hall–Kier alpha value is -0.980. The summed E-state index contributed by atoms with van der Waals surface area (Å²) in [7, 11) is 1.89. The van der Waals surface area contributed by atoms with Crippen molar-refractivity contribution < 1.29 is 22.7 Å². The van der Waals surface area contributed by atoms with Gasteiger partial charge in [-0.3, -0.25) is 0 Å². The zero-order chi connectivity index (χ0) is 11.5. The molecule has 1 aliphatic heterocycles. The number of carbonyl (C=O) groups excluding carboxylic acids is 1. The second-order valence-electron chi connectivity index (χ2n) is 3.46. The maximum Gasteiger partial charge on any atom is 0.422 e. The summed E-state index contributed by atoms with van der Waals surface area (Å²) in [4.78, 5) is 14.4. The molecule has 0 aromatic heterocycles. The molecule has 7 heteroatoms. The normalized spacial score (nSPS) is 19.1. The van der Waals surface area contributed by atoms with Crippen LogP contribution in [-0.2, 0) is 4.74 Å². The van der Waals surface area contributed by atoms with Crippen molar-refractivity contribution in [2.24, 2.45) is 0 Å². The first-order valence-corrected chi connectivity index (χ1v) is 4.55. The van der Waals surface area contributed by atoms with Crippen LogP contribution in [0.5, 0.6) is 0 Å². The van der Waals surface area contributed by atoms with Gasteiger partial charge < -0.3 is 14.5 Å². The number of piperazine rings is 1. The van der Waals surface area contributed by atoms with Gasteiger partial charge in [-0.25, -0.2) is 4.79 Å². The predicted octanol–water partition coefficient (Wildman–Crippen LogP) is 0.933. The third kappa shape index (κ3) is 4.37. The van der Waals surface area contributed by atoms with Gasteiger partial charge in [-0.2, -0.15) is 13.2 Å². The van der Waals surface area contributed by atoms with Gasteiger partial charge in [0.1, 0.15) is 0 Å². The lowest BCUT2D eigenvalue weighted by Crippen LogP contribution is -2.47. The van der Waals surface area contributed by atoms with Crippen LogP contribution in [0.1, 0.15) is 0 Å². The highest BCUT2D eigenvalue weighted by molar-refractivity contribution is 5.67. The van der Waals surface area contributed by atoms with Crippen molar-refractivity contribution in [3.63, 3.8) is 0 Å². The lowest BCUT2D eigenvalue weighted by atomic mass is 10.3. The van der Waals surface area contributed by atoms with E-state index in [0.29, 0.717) is 26.2 Å². The third-order valence-electron chi connectivity index (χ3n) is 2.12. The number of halogens is 3. The highest BCUT2D eigenvalue weighted by Crippen LogP contribution is 2.15. The average Bonchev–Trinajstić information content (AvgIpc) is 2.14. The van der Waals surface area contributed by atoms with Gasteiger partial charge in [0.15, 0.2) is 6.61 Å². The van der Waals surface area contributed by atoms with Crippen LogP contribution in [0.15, 0.2) is 0 Å². The van der Waals surface area contributed by atoms with Crippen molar-refractivity contribution in [1.82, 2.24) is 9.80 Å². The SMILES string of the molecule is CN1CCN(C(=O)OCC(F)(F)F)CC1. The maximum absolute atomic E-state index is 11.7. The van der Waals surface area contributed by atoms with Crippen LogP contribution in [0.25, 0.3) is 0 Å². The number of alkyl halides is 3. The van der Waals surface area contributed by atoms with Crippen LogP contribution in [0.2, 0.25) is 0 Å². The molecule has 0 aromatic carbocycles. The van der Waals surface area contributed by atoms with Crippen LogP contribution >= 0.6 is 0 Å². The van der Waals surface area contributed by atoms with E-state index in [1.54, 1.807) is 0 Å². The van der Waals surface area contributed by atoms with E-state index in [-0.39, 0.29) is 0 Å². The summed E-state index contributed by atoms with van der Waals surface area (Å²) in [5.74, 6) is 0. The third-order valence-corrected chi connectivity index (χ3v) is 2.12. The molecule has 1 heterocycles. The molecule has 0 aliphatic carbocycles. The Labute approximate surface area is 85.6 Å². The molecule has 0 unspecified atom stereocenters. The van der Waals surface area contributed by atoms with E-state index in [9.17, 15) is 18.0 Å². The molecule has 4 nitrogen and oxygen atoms in total. The first-order chi connectivity index (χ1) is 6.88. The molecule has 1 fully saturated rings. The largest absolute Gasteiger partial charge is 0.440 e. The second-order valence-corrected chi connectivity index (χ2v) is 3.46. The van der Waals surface area contributed by atoms with E-state index in [0.717, 1.165) is 0 Å². The van der Waals surface area contributed by atoms with Gasteiger partial charge in [0.2, 0.25) is 0 Å². The minimum Gasteiger partial charge on any atom is -0.440 e. The summed E-state index contributed by atoms with van der Waals surface area (Å²) < 4.78 is 39.3. The van der Waals surface area contributed by atoms with Gasteiger partial charge in [-0.15, -0.1) is 0 Å². The summed E-state index contributed by atoms with van der Waals surface area (Å²) in [6, 6.07) is 0. The zero-order valence-corrected chi connectivity index (χ0v) is 8.38. The molecule has 0 aromatic rings. The molecule has 0 radical (unpaired) electrons. The van der Waals surface area contributed by atoms with E-state index in [1.807, 2.05) is 11.9 Å². The van der Waals surface area contributed by atoms with Crippen LogP contribution in [0, 0.1) is 0 Å². The second kappa shape index (κ2) is 4.69. The molecular weight excluding hydrogens is 213 g/mol. The fourth-order valence-corrected chi connectivity index (χ4v) is 1.22. The number of hydrogen-bond donors (Lipinski definition) is 0. The summed E-state index contributed by atoms with van der Waals surface area (Å²) in [6.07, 6.45) is -5.34. The Kier molecular flexibility index (Phi) is 3.78. The number of rotatable bonds is 1. The molecule has 1 saturated heterocycles. The summed E-state index contributed by atoms with van der Waals surface area (Å²) in [6.45, 7) is 0.612. The quantitative estimate of drug-likeness (QED) is 0.667. The Morgan fingerprint density at radius 3 is 2.27 bits per heavy atom. The van der Waals surface area contributed by atoms with Crippen LogP contribution < -0.4 is 0 Å². The van der Waals surface area contributed by atoms with Crippen LogP contribution in [0.3, 0.4) is 0 Å². The Morgan fingerprint density at radius 2 is 1.80 bits per heavy atom. The average molecular weight is 226 g/mol. The van der Waals surface area contributed by atoms with Crippen LogP contribution in [-0.4, -0.2) is 61.9 Å². The summed E-state index contributed by atoms with van der Waals surface area (Å²) >= 11 is 0. The number of ether oxygens (including phenoxy) is 1.